The van der Waals surface area contributed by atoms with Gasteiger partial charge in [0.1, 0.15) is 17.6 Å². The summed E-state index contributed by atoms with van der Waals surface area (Å²) in [5.41, 5.74) is 2.68. The average molecular weight is 514 g/mol. The molecule has 0 aliphatic heterocycles. The van der Waals surface area contributed by atoms with E-state index in [1.54, 1.807) is 36.5 Å². The maximum atomic E-state index is 13.5. The molecule has 1 unspecified atom stereocenters. The largest absolute Gasteiger partial charge is 0.508 e. The summed E-state index contributed by atoms with van der Waals surface area (Å²) in [5, 5.41) is 22.7. The molecule has 1 aromatic heterocycles. The number of nitrogens with one attached hydrogen (secondary N) is 1. The number of aromatic hydroxyl groups is 1. The first-order valence-electron chi connectivity index (χ1n) is 12.0. The smallest absolute Gasteiger partial charge is 0.321 e. The minimum absolute atomic E-state index is 0. The maximum absolute atomic E-state index is 13.5. The van der Waals surface area contributed by atoms with Crippen LogP contribution < -0.4 is 10.2 Å². The lowest BCUT2D eigenvalue weighted by atomic mass is 9.93. The van der Waals surface area contributed by atoms with Gasteiger partial charge in [-0.15, -0.1) is 0 Å². The molecule has 0 radical (unpaired) electrons. The van der Waals surface area contributed by atoms with Crippen LogP contribution in [0.15, 0.2) is 103 Å². The molecular weight excluding hydrogens is 482 g/mol. The molecule has 0 saturated carbocycles. The van der Waals surface area contributed by atoms with Crippen LogP contribution in [0.2, 0.25) is 0 Å². The zero-order valence-corrected chi connectivity index (χ0v) is 21.0. The Morgan fingerprint density at radius 1 is 0.895 bits per heavy atom. The number of nitrogens with zero attached hydrogens (tertiary/aromatic N) is 2. The van der Waals surface area contributed by atoms with E-state index < -0.39 is 12.0 Å². The summed E-state index contributed by atoms with van der Waals surface area (Å²) in [6.45, 7) is 0.251. The fourth-order valence-corrected chi connectivity index (χ4v) is 4.29. The standard InChI is InChI=1S/C30H29N3O4.H2O/c1-33(28-13-7-8-18-31-28)27(20-32-26(30(36)37)19-21-14-16-23(34)17-15-21)24-11-5-6-12-25(24)29(35)22-9-3-2-4-10-22;/h2-18,26-27,32,34H,19-20H2,1H3,(H,36,37);1H2/t26-,27?;/m0./s1. The summed E-state index contributed by atoms with van der Waals surface area (Å²) in [6.07, 6.45) is 1.93. The first-order chi connectivity index (χ1) is 17.9. The van der Waals surface area contributed by atoms with Gasteiger partial charge < -0.3 is 25.9 Å². The fraction of sp³-hybridized carbons (Fsp3) is 0.167. The van der Waals surface area contributed by atoms with E-state index in [0.717, 1.165) is 11.1 Å². The van der Waals surface area contributed by atoms with E-state index in [9.17, 15) is 19.8 Å². The number of benzene rings is 3. The number of likely N-dealkylation sites (N-methyl/N-ethyl adjacent to an activating group) is 1. The number of carboxylic acids is 1. The molecule has 3 aromatic carbocycles. The molecule has 0 fully saturated rings. The quantitative estimate of drug-likeness (QED) is 0.261. The number of phenols is 1. The lowest BCUT2D eigenvalue weighted by Gasteiger charge is -2.32. The van der Waals surface area contributed by atoms with Crippen LogP contribution >= 0.6 is 0 Å². The summed E-state index contributed by atoms with van der Waals surface area (Å²) in [6, 6.07) is 27.3. The van der Waals surface area contributed by atoms with E-state index in [1.807, 2.05) is 66.5 Å². The number of phenolic OH excluding ortho intramolecular Hbond substituents is 1. The Hall–Kier alpha value is -4.53. The van der Waals surface area contributed by atoms with Crippen molar-refractivity contribution in [3.63, 3.8) is 0 Å². The van der Waals surface area contributed by atoms with Gasteiger partial charge in [0.15, 0.2) is 5.78 Å². The minimum Gasteiger partial charge on any atom is -0.508 e. The van der Waals surface area contributed by atoms with Gasteiger partial charge in [0.2, 0.25) is 0 Å². The lowest BCUT2D eigenvalue weighted by molar-refractivity contribution is -0.139. The van der Waals surface area contributed by atoms with Gasteiger partial charge in [-0.3, -0.25) is 9.59 Å². The zero-order chi connectivity index (χ0) is 26.2. The van der Waals surface area contributed by atoms with Gasteiger partial charge in [-0.05, 0) is 41.8 Å². The molecule has 4 aromatic rings. The number of carbonyl (C=O) groups is 2. The van der Waals surface area contributed by atoms with E-state index in [0.29, 0.717) is 16.9 Å². The summed E-state index contributed by atoms with van der Waals surface area (Å²) in [5.74, 6) is -0.266. The number of pyridine rings is 1. The number of hydrogen-bond donors (Lipinski definition) is 3. The summed E-state index contributed by atoms with van der Waals surface area (Å²) in [7, 11) is 1.88. The average Bonchev–Trinajstić information content (AvgIpc) is 2.94. The molecule has 196 valence electrons. The van der Waals surface area contributed by atoms with Crippen molar-refractivity contribution in [3.05, 3.63) is 126 Å². The predicted octanol–water partition coefficient (Wildman–Crippen LogP) is 3.66. The van der Waals surface area contributed by atoms with Crippen molar-refractivity contribution in [1.29, 1.82) is 0 Å². The summed E-state index contributed by atoms with van der Waals surface area (Å²) in [4.78, 5) is 32.0. The normalized spacial score (nSPS) is 12.1. The molecule has 5 N–H and O–H groups in total. The number of anilines is 1. The van der Waals surface area contributed by atoms with Crippen molar-refractivity contribution in [2.75, 3.05) is 18.5 Å². The third kappa shape index (κ3) is 6.82. The Labute approximate surface area is 221 Å². The number of aliphatic carboxylic acids is 1. The van der Waals surface area contributed by atoms with Crippen molar-refractivity contribution < 1.29 is 25.3 Å². The van der Waals surface area contributed by atoms with Gasteiger partial charge in [-0.1, -0.05) is 72.8 Å². The van der Waals surface area contributed by atoms with Crippen LogP contribution in [0.3, 0.4) is 0 Å². The second-order valence-corrected chi connectivity index (χ2v) is 8.77. The molecule has 8 nitrogen and oxygen atoms in total. The van der Waals surface area contributed by atoms with Crippen LogP contribution in [0.4, 0.5) is 5.82 Å². The molecule has 0 amide bonds. The van der Waals surface area contributed by atoms with Crippen molar-refractivity contribution >= 4 is 17.6 Å². The number of hydrogen-bond acceptors (Lipinski definition) is 6. The Morgan fingerprint density at radius 3 is 2.21 bits per heavy atom. The molecule has 1 heterocycles. The van der Waals surface area contributed by atoms with E-state index >= 15 is 0 Å². The van der Waals surface area contributed by atoms with E-state index in [4.69, 9.17) is 0 Å². The molecule has 0 bridgehead atoms. The molecule has 38 heavy (non-hydrogen) atoms. The number of carbonyl (C=O) groups excluding carboxylic acids is 1. The first-order valence-corrected chi connectivity index (χ1v) is 12.0. The van der Waals surface area contributed by atoms with Crippen LogP contribution in [0.25, 0.3) is 0 Å². The number of aromatic nitrogens is 1. The molecule has 2 atom stereocenters. The lowest BCUT2D eigenvalue weighted by Crippen LogP contribution is -2.44. The molecule has 8 heteroatoms. The third-order valence-corrected chi connectivity index (χ3v) is 6.31. The Kier molecular flexibility index (Phi) is 9.70. The van der Waals surface area contributed by atoms with Crippen molar-refractivity contribution in [2.24, 2.45) is 0 Å². The van der Waals surface area contributed by atoms with E-state index in [1.165, 1.54) is 12.1 Å². The molecule has 0 aliphatic carbocycles. The van der Waals surface area contributed by atoms with Gasteiger partial charge >= 0.3 is 5.97 Å². The minimum atomic E-state index is -0.985. The highest BCUT2D eigenvalue weighted by Crippen LogP contribution is 2.28. The summed E-state index contributed by atoms with van der Waals surface area (Å²) >= 11 is 0. The third-order valence-electron chi connectivity index (χ3n) is 6.31. The molecule has 0 aliphatic rings. The predicted molar refractivity (Wildman–Crippen MR) is 147 cm³/mol. The highest BCUT2D eigenvalue weighted by molar-refractivity contribution is 6.10. The monoisotopic (exact) mass is 513 g/mol. The SMILES string of the molecule is CN(c1ccccn1)C(CN[C@@H](Cc1ccc(O)cc1)C(=O)O)c1ccccc1C(=O)c1ccccc1.O. The molecule has 0 saturated heterocycles. The van der Waals surface area contributed by atoms with Crippen LogP contribution in [0.1, 0.15) is 33.1 Å². The summed E-state index contributed by atoms with van der Waals surface area (Å²) < 4.78 is 0. The van der Waals surface area contributed by atoms with Gasteiger partial charge in [0, 0.05) is 30.9 Å². The van der Waals surface area contributed by atoms with Crippen LogP contribution in [-0.4, -0.2) is 52.1 Å². The number of carboxylic acid groups (broad SMARTS) is 1. The van der Waals surface area contributed by atoms with Crippen LogP contribution in [0, 0.1) is 0 Å². The topological polar surface area (TPSA) is 134 Å². The maximum Gasteiger partial charge on any atom is 0.321 e. The molecular formula is C30H31N3O5. The number of rotatable bonds is 11. The Morgan fingerprint density at radius 2 is 1.55 bits per heavy atom. The number of ketones is 1. The first kappa shape index (κ1) is 28.0. The Balaban J connectivity index is 0.00000400. The highest BCUT2D eigenvalue weighted by atomic mass is 16.4. The van der Waals surface area contributed by atoms with E-state index in [2.05, 4.69) is 10.3 Å². The van der Waals surface area contributed by atoms with Crippen molar-refractivity contribution in [3.8, 4) is 5.75 Å². The van der Waals surface area contributed by atoms with Crippen LogP contribution in [0.5, 0.6) is 5.75 Å². The van der Waals surface area contributed by atoms with Gasteiger partial charge in [-0.2, -0.15) is 0 Å². The van der Waals surface area contributed by atoms with Gasteiger partial charge in [-0.25, -0.2) is 4.98 Å². The highest BCUT2D eigenvalue weighted by Gasteiger charge is 2.27. The Bertz CT molecular complexity index is 1330. The molecule has 4 rings (SSSR count). The second-order valence-electron chi connectivity index (χ2n) is 8.77. The van der Waals surface area contributed by atoms with Gasteiger partial charge in [0.05, 0.1) is 6.04 Å². The van der Waals surface area contributed by atoms with Crippen molar-refractivity contribution in [2.45, 2.75) is 18.5 Å². The zero-order valence-electron chi connectivity index (χ0n) is 21.0. The van der Waals surface area contributed by atoms with Crippen LogP contribution in [-0.2, 0) is 11.2 Å². The van der Waals surface area contributed by atoms with Gasteiger partial charge in [0.25, 0.3) is 0 Å². The molecule has 0 spiro atoms. The van der Waals surface area contributed by atoms with Crippen molar-refractivity contribution in [1.82, 2.24) is 10.3 Å². The fourth-order valence-electron chi connectivity index (χ4n) is 4.29. The second kappa shape index (κ2) is 13.1. The van der Waals surface area contributed by atoms with E-state index in [-0.39, 0.29) is 36.0 Å².